The number of para-hydroxylation sites is 1. The van der Waals surface area contributed by atoms with E-state index >= 15 is 0 Å². The second-order valence-corrected chi connectivity index (χ2v) is 10.8. The predicted molar refractivity (Wildman–Crippen MR) is 136 cm³/mol. The lowest BCUT2D eigenvalue weighted by molar-refractivity contribution is -0.114. The summed E-state index contributed by atoms with van der Waals surface area (Å²) in [6, 6.07) is 17.4. The van der Waals surface area contributed by atoms with Crippen LogP contribution in [0.1, 0.15) is 42.0 Å². The highest BCUT2D eigenvalue weighted by Crippen LogP contribution is 2.30. The Hall–Kier alpha value is -2.83. The summed E-state index contributed by atoms with van der Waals surface area (Å²) in [5.41, 5.74) is 4.72. The first-order chi connectivity index (χ1) is 15.5. The molecule has 0 unspecified atom stereocenters. The maximum atomic E-state index is 13.6. The highest BCUT2D eigenvalue weighted by Gasteiger charge is 2.28. The lowest BCUT2D eigenvalue weighted by atomic mass is 9.98. The smallest absolute Gasteiger partial charge is 0.264 e. The van der Waals surface area contributed by atoms with Gasteiger partial charge in [-0.15, -0.1) is 0 Å². The van der Waals surface area contributed by atoms with Crippen LogP contribution in [0.5, 0.6) is 0 Å². The number of nitrogens with zero attached hydrogens (tertiary/aromatic N) is 1. The minimum absolute atomic E-state index is 0.108. The minimum Gasteiger partial charge on any atom is -0.324 e. The van der Waals surface area contributed by atoms with Crippen molar-refractivity contribution in [2.24, 2.45) is 0 Å². The number of rotatable bonds is 7. The average molecular weight is 485 g/mol. The third-order valence-corrected chi connectivity index (χ3v) is 7.73. The average Bonchev–Trinajstić information content (AvgIpc) is 2.75. The quantitative estimate of drug-likeness (QED) is 0.432. The van der Waals surface area contributed by atoms with Gasteiger partial charge in [-0.25, -0.2) is 8.42 Å². The highest BCUT2D eigenvalue weighted by molar-refractivity contribution is 7.92. The fourth-order valence-electron chi connectivity index (χ4n) is 3.54. The Morgan fingerprint density at radius 2 is 1.64 bits per heavy atom. The van der Waals surface area contributed by atoms with Crippen LogP contribution in [0.15, 0.2) is 65.6 Å². The maximum Gasteiger partial charge on any atom is 0.264 e. The lowest BCUT2D eigenvalue weighted by Crippen LogP contribution is -2.38. The number of amides is 1. The molecular weight excluding hydrogens is 456 g/mol. The molecule has 5 nitrogen and oxygen atoms in total. The predicted octanol–water partition coefficient (Wildman–Crippen LogP) is 6.22. The van der Waals surface area contributed by atoms with E-state index in [9.17, 15) is 13.2 Å². The topological polar surface area (TPSA) is 66.5 Å². The van der Waals surface area contributed by atoms with E-state index in [1.807, 2.05) is 52.8 Å². The molecule has 0 aliphatic heterocycles. The summed E-state index contributed by atoms with van der Waals surface area (Å²) in [6.07, 6.45) is 0. The van der Waals surface area contributed by atoms with Crippen molar-refractivity contribution in [1.29, 1.82) is 0 Å². The van der Waals surface area contributed by atoms with Crippen LogP contribution in [0.25, 0.3) is 0 Å². The number of hydrogen-bond acceptors (Lipinski definition) is 3. The molecule has 0 saturated heterocycles. The molecule has 0 atom stereocenters. The lowest BCUT2D eigenvalue weighted by Gasteiger charge is -2.25. The number of hydrogen-bond donors (Lipinski definition) is 1. The second-order valence-electron chi connectivity index (χ2n) is 8.50. The molecule has 33 heavy (non-hydrogen) atoms. The summed E-state index contributed by atoms with van der Waals surface area (Å²) in [6.45, 7) is 9.35. The fourth-order valence-corrected chi connectivity index (χ4v) is 5.13. The van der Waals surface area contributed by atoms with Gasteiger partial charge in [0.1, 0.15) is 6.54 Å². The highest BCUT2D eigenvalue weighted by atomic mass is 35.5. The van der Waals surface area contributed by atoms with Crippen molar-refractivity contribution in [3.8, 4) is 0 Å². The van der Waals surface area contributed by atoms with Crippen molar-refractivity contribution in [2.45, 2.75) is 45.4 Å². The molecule has 7 heteroatoms. The number of halogens is 1. The van der Waals surface area contributed by atoms with E-state index in [0.717, 1.165) is 26.6 Å². The molecule has 0 aliphatic rings. The van der Waals surface area contributed by atoms with E-state index < -0.39 is 15.9 Å². The van der Waals surface area contributed by atoms with Crippen molar-refractivity contribution in [2.75, 3.05) is 16.2 Å². The van der Waals surface area contributed by atoms with E-state index in [-0.39, 0.29) is 17.4 Å². The van der Waals surface area contributed by atoms with E-state index in [4.69, 9.17) is 11.6 Å². The SMILES string of the molecule is Cc1ccc(S(=O)(=O)N(CC(=O)Nc2c(C)cccc2C(C)C)c2ccc(C)c(Cl)c2)cc1. The molecule has 0 fully saturated rings. The summed E-state index contributed by atoms with van der Waals surface area (Å²) >= 11 is 6.30. The molecular formula is C26H29ClN2O3S. The summed E-state index contributed by atoms with van der Waals surface area (Å²) in [5.74, 6) is -0.234. The van der Waals surface area contributed by atoms with Gasteiger partial charge in [0.15, 0.2) is 0 Å². The van der Waals surface area contributed by atoms with Crippen molar-refractivity contribution >= 4 is 38.9 Å². The van der Waals surface area contributed by atoms with Gasteiger partial charge in [-0.1, -0.05) is 67.4 Å². The third-order valence-electron chi connectivity index (χ3n) is 5.53. The largest absolute Gasteiger partial charge is 0.324 e. The molecule has 0 radical (unpaired) electrons. The Morgan fingerprint density at radius 3 is 2.24 bits per heavy atom. The summed E-state index contributed by atoms with van der Waals surface area (Å²) < 4.78 is 28.2. The van der Waals surface area contributed by atoms with Crippen LogP contribution in [0.2, 0.25) is 5.02 Å². The molecule has 3 rings (SSSR count). The molecule has 0 saturated carbocycles. The molecule has 0 aliphatic carbocycles. The summed E-state index contributed by atoms with van der Waals surface area (Å²) in [7, 11) is -4.01. The van der Waals surface area contributed by atoms with E-state index in [1.165, 1.54) is 0 Å². The molecule has 174 valence electrons. The van der Waals surface area contributed by atoms with Gasteiger partial charge in [-0.2, -0.15) is 0 Å². The second kappa shape index (κ2) is 9.98. The zero-order chi connectivity index (χ0) is 24.3. The monoisotopic (exact) mass is 484 g/mol. The minimum atomic E-state index is -4.01. The zero-order valence-corrected chi connectivity index (χ0v) is 21.1. The molecule has 0 aromatic heterocycles. The molecule has 3 aromatic carbocycles. The molecule has 0 spiro atoms. The van der Waals surface area contributed by atoms with Gasteiger partial charge >= 0.3 is 0 Å². The summed E-state index contributed by atoms with van der Waals surface area (Å²) in [5, 5.41) is 3.37. The van der Waals surface area contributed by atoms with Crippen molar-refractivity contribution in [1.82, 2.24) is 0 Å². The van der Waals surface area contributed by atoms with E-state index in [2.05, 4.69) is 5.32 Å². The van der Waals surface area contributed by atoms with Gasteiger partial charge in [0.05, 0.1) is 10.6 Å². The fraction of sp³-hybridized carbons (Fsp3) is 0.269. The molecule has 1 N–H and O–H groups in total. The summed E-state index contributed by atoms with van der Waals surface area (Å²) in [4.78, 5) is 13.3. The Kier molecular flexibility index (Phi) is 7.50. The molecule has 3 aromatic rings. The third kappa shape index (κ3) is 5.57. The Balaban J connectivity index is 2.01. The Morgan fingerprint density at radius 1 is 0.970 bits per heavy atom. The van der Waals surface area contributed by atoms with Crippen molar-refractivity contribution < 1.29 is 13.2 Å². The van der Waals surface area contributed by atoms with Crippen LogP contribution in [0.4, 0.5) is 11.4 Å². The van der Waals surface area contributed by atoms with Crippen molar-refractivity contribution in [3.63, 3.8) is 0 Å². The van der Waals surface area contributed by atoms with Gasteiger partial charge in [-0.3, -0.25) is 9.10 Å². The first-order valence-corrected chi connectivity index (χ1v) is 12.6. The first-order valence-electron chi connectivity index (χ1n) is 10.8. The number of carbonyl (C=O) groups excluding carboxylic acids is 1. The normalized spacial score (nSPS) is 11.5. The van der Waals surface area contributed by atoms with Gasteiger partial charge < -0.3 is 5.32 Å². The van der Waals surface area contributed by atoms with Crippen LogP contribution in [-0.4, -0.2) is 20.9 Å². The van der Waals surface area contributed by atoms with Crippen LogP contribution >= 0.6 is 11.6 Å². The van der Waals surface area contributed by atoms with E-state index in [0.29, 0.717) is 16.4 Å². The molecule has 0 heterocycles. The van der Waals surface area contributed by atoms with Crippen LogP contribution in [-0.2, 0) is 14.8 Å². The van der Waals surface area contributed by atoms with Gasteiger partial charge in [0.2, 0.25) is 5.91 Å². The zero-order valence-electron chi connectivity index (χ0n) is 19.5. The van der Waals surface area contributed by atoms with Crippen LogP contribution in [0, 0.1) is 20.8 Å². The van der Waals surface area contributed by atoms with Crippen LogP contribution in [0.3, 0.4) is 0 Å². The van der Waals surface area contributed by atoms with Crippen LogP contribution < -0.4 is 9.62 Å². The van der Waals surface area contributed by atoms with Crippen molar-refractivity contribution in [3.05, 3.63) is 87.9 Å². The number of aryl methyl sites for hydroxylation is 3. The van der Waals surface area contributed by atoms with E-state index in [1.54, 1.807) is 42.5 Å². The van der Waals surface area contributed by atoms with Gasteiger partial charge in [0, 0.05) is 10.7 Å². The maximum absolute atomic E-state index is 13.6. The molecule has 1 amide bonds. The van der Waals surface area contributed by atoms with Gasteiger partial charge in [-0.05, 0) is 67.6 Å². The number of nitrogens with one attached hydrogen (secondary N) is 1. The first kappa shape index (κ1) is 24.8. The Bertz CT molecular complexity index is 1270. The number of benzene rings is 3. The number of sulfonamides is 1. The number of anilines is 2. The standard InChI is InChI=1S/C26H29ClN2O3S/c1-17(2)23-8-6-7-20(5)26(23)28-25(30)16-29(21-12-11-19(4)24(27)15-21)33(31,32)22-13-9-18(3)10-14-22/h6-15,17H,16H2,1-5H3,(H,28,30). The number of carbonyl (C=O) groups is 1. The van der Waals surface area contributed by atoms with Gasteiger partial charge in [0.25, 0.3) is 10.0 Å². The Labute approximate surface area is 201 Å². The molecule has 0 bridgehead atoms.